The first-order valence-electron chi connectivity index (χ1n) is 14.0. The first-order valence-corrected chi connectivity index (χ1v) is 14.0. The smallest absolute Gasteiger partial charge is 0.255 e. The molecule has 0 unspecified atom stereocenters. The van der Waals surface area contributed by atoms with E-state index in [-0.39, 0.29) is 35.5 Å². The molecule has 1 fully saturated rings. The van der Waals surface area contributed by atoms with Crippen molar-refractivity contribution >= 4 is 46.4 Å². The molecule has 8 nitrogen and oxygen atoms in total. The lowest BCUT2D eigenvalue weighted by Crippen LogP contribution is -2.32. The molecule has 4 amide bonds. The second-order valence-electron chi connectivity index (χ2n) is 10.3. The van der Waals surface area contributed by atoms with Gasteiger partial charge in [0.15, 0.2) is 0 Å². The second-order valence-corrected chi connectivity index (χ2v) is 10.3. The second kappa shape index (κ2) is 13.4. The van der Waals surface area contributed by atoms with E-state index in [0.717, 1.165) is 0 Å². The molecule has 4 aromatic rings. The fourth-order valence-electron chi connectivity index (χ4n) is 5.03. The van der Waals surface area contributed by atoms with Gasteiger partial charge in [0.1, 0.15) is 0 Å². The molecule has 0 saturated heterocycles. The maximum absolute atomic E-state index is 13.0. The summed E-state index contributed by atoms with van der Waals surface area (Å²) >= 11 is 0. The minimum absolute atomic E-state index is 0.119. The number of anilines is 4. The van der Waals surface area contributed by atoms with Gasteiger partial charge >= 0.3 is 0 Å². The van der Waals surface area contributed by atoms with E-state index in [1.54, 1.807) is 48.5 Å². The van der Waals surface area contributed by atoms with Crippen molar-refractivity contribution in [3.8, 4) is 0 Å². The number of amides is 4. The molecule has 42 heavy (non-hydrogen) atoms. The van der Waals surface area contributed by atoms with Crippen LogP contribution in [-0.2, 0) is 9.59 Å². The summed E-state index contributed by atoms with van der Waals surface area (Å²) in [7, 11) is 0. The summed E-state index contributed by atoms with van der Waals surface area (Å²) in [4.78, 5) is 51.2. The summed E-state index contributed by atoms with van der Waals surface area (Å²) in [6, 6.07) is 32.0. The number of rotatable bonds is 8. The molecule has 0 atom stereocenters. The third-order valence-electron chi connectivity index (χ3n) is 7.32. The van der Waals surface area contributed by atoms with Gasteiger partial charge in [0, 0.05) is 45.7 Å². The summed E-state index contributed by atoms with van der Waals surface area (Å²) in [6.45, 7) is 0. The zero-order chi connectivity index (χ0) is 29.3. The van der Waals surface area contributed by atoms with E-state index in [1.165, 1.54) is 0 Å². The molecule has 0 radical (unpaired) electrons. The summed E-state index contributed by atoms with van der Waals surface area (Å²) in [6.07, 6.45) is 2.32. The van der Waals surface area contributed by atoms with Crippen molar-refractivity contribution in [1.29, 1.82) is 0 Å². The molecule has 0 aromatic heterocycles. The Labute approximate surface area is 244 Å². The summed E-state index contributed by atoms with van der Waals surface area (Å²) < 4.78 is 0. The lowest BCUT2D eigenvalue weighted by Gasteiger charge is -2.27. The Balaban J connectivity index is 1.11. The van der Waals surface area contributed by atoms with E-state index in [1.807, 2.05) is 60.7 Å². The molecular weight excluding hydrogens is 528 g/mol. The highest BCUT2D eigenvalue weighted by Gasteiger charge is 2.30. The zero-order valence-electron chi connectivity index (χ0n) is 23.0. The third-order valence-corrected chi connectivity index (χ3v) is 7.32. The predicted octanol–water partition coefficient (Wildman–Crippen LogP) is 6.57. The predicted molar refractivity (Wildman–Crippen MR) is 164 cm³/mol. The summed E-state index contributed by atoms with van der Waals surface area (Å²) in [5.41, 5.74) is 3.38. The van der Waals surface area contributed by atoms with E-state index in [9.17, 15) is 19.2 Å². The number of benzene rings is 4. The van der Waals surface area contributed by atoms with Gasteiger partial charge < -0.3 is 21.3 Å². The SMILES string of the molecule is O=C(Nc1ccccc1)c1cccc(NC(=O)C2CCC(C(=O)Nc3cccc(C(=O)Nc4ccccc4)c3)CC2)c1. The molecule has 0 aliphatic heterocycles. The molecular formula is C34H32N4O4. The van der Waals surface area contributed by atoms with Crippen LogP contribution in [0.1, 0.15) is 46.4 Å². The van der Waals surface area contributed by atoms with Crippen LogP contribution in [0.5, 0.6) is 0 Å². The topological polar surface area (TPSA) is 116 Å². The lowest BCUT2D eigenvalue weighted by molar-refractivity contribution is -0.125. The van der Waals surface area contributed by atoms with E-state index >= 15 is 0 Å². The van der Waals surface area contributed by atoms with Crippen LogP contribution < -0.4 is 21.3 Å². The van der Waals surface area contributed by atoms with Gasteiger partial charge in [-0.1, -0.05) is 48.5 Å². The van der Waals surface area contributed by atoms with Crippen LogP contribution in [0.2, 0.25) is 0 Å². The Bertz CT molecular complexity index is 1450. The molecule has 4 N–H and O–H groups in total. The summed E-state index contributed by atoms with van der Waals surface area (Å²) in [5, 5.41) is 11.6. The highest BCUT2D eigenvalue weighted by molar-refractivity contribution is 6.06. The van der Waals surface area contributed by atoms with E-state index in [4.69, 9.17) is 0 Å². The maximum atomic E-state index is 13.0. The largest absolute Gasteiger partial charge is 0.326 e. The van der Waals surface area contributed by atoms with Crippen molar-refractivity contribution < 1.29 is 19.2 Å². The number of carbonyl (C=O) groups is 4. The molecule has 8 heteroatoms. The Kier molecular flexibility index (Phi) is 9.03. The Morgan fingerprint density at radius 3 is 1.17 bits per heavy atom. The first kappa shape index (κ1) is 28.3. The first-order chi connectivity index (χ1) is 20.4. The van der Waals surface area contributed by atoms with Gasteiger partial charge in [-0.25, -0.2) is 0 Å². The molecule has 1 aliphatic carbocycles. The van der Waals surface area contributed by atoms with Gasteiger partial charge in [-0.3, -0.25) is 19.2 Å². The number of hydrogen-bond donors (Lipinski definition) is 4. The molecule has 0 spiro atoms. The third kappa shape index (κ3) is 7.48. The van der Waals surface area contributed by atoms with Gasteiger partial charge in [0.25, 0.3) is 11.8 Å². The van der Waals surface area contributed by atoms with E-state index in [0.29, 0.717) is 59.6 Å². The molecule has 5 rings (SSSR count). The minimum atomic E-state index is -0.258. The van der Waals surface area contributed by atoms with Crippen LogP contribution in [0.3, 0.4) is 0 Å². The molecule has 4 aromatic carbocycles. The van der Waals surface area contributed by atoms with Gasteiger partial charge in [0.2, 0.25) is 11.8 Å². The lowest BCUT2D eigenvalue weighted by atomic mass is 9.81. The molecule has 0 heterocycles. The highest BCUT2D eigenvalue weighted by Crippen LogP contribution is 2.31. The number of para-hydroxylation sites is 2. The monoisotopic (exact) mass is 560 g/mol. The normalized spacial score (nSPS) is 16.1. The van der Waals surface area contributed by atoms with Crippen molar-refractivity contribution in [2.24, 2.45) is 11.8 Å². The van der Waals surface area contributed by atoms with Gasteiger partial charge in [-0.15, -0.1) is 0 Å². The fraction of sp³-hybridized carbons (Fsp3) is 0.176. The van der Waals surface area contributed by atoms with Gasteiger partial charge in [0.05, 0.1) is 0 Å². The quantitative estimate of drug-likeness (QED) is 0.195. The number of nitrogens with one attached hydrogen (secondary N) is 4. The van der Waals surface area contributed by atoms with Crippen molar-refractivity contribution in [2.75, 3.05) is 21.3 Å². The fourth-order valence-corrected chi connectivity index (χ4v) is 5.03. The molecule has 1 saturated carbocycles. The van der Waals surface area contributed by atoms with Crippen LogP contribution in [0.25, 0.3) is 0 Å². The summed E-state index contributed by atoms with van der Waals surface area (Å²) in [5.74, 6) is -1.20. The van der Waals surface area contributed by atoms with Crippen molar-refractivity contribution in [3.63, 3.8) is 0 Å². The van der Waals surface area contributed by atoms with Crippen LogP contribution in [0, 0.1) is 11.8 Å². The molecule has 212 valence electrons. The standard InChI is InChI=1S/C34H32N4O4/c39-31(37-29-15-7-9-25(21-29)33(41)35-27-11-3-1-4-12-27)23-17-19-24(20-18-23)32(40)38-30-16-8-10-26(22-30)34(42)36-28-13-5-2-6-14-28/h1-16,21-24H,17-20H2,(H,35,41)(H,36,42)(H,37,39)(H,38,40). The highest BCUT2D eigenvalue weighted by atomic mass is 16.2. The Morgan fingerprint density at radius 2 is 0.786 bits per heavy atom. The molecule has 0 bridgehead atoms. The van der Waals surface area contributed by atoms with Crippen molar-refractivity contribution in [2.45, 2.75) is 25.7 Å². The van der Waals surface area contributed by atoms with Crippen LogP contribution in [0.4, 0.5) is 22.7 Å². The van der Waals surface area contributed by atoms with Crippen LogP contribution in [-0.4, -0.2) is 23.6 Å². The van der Waals surface area contributed by atoms with Gasteiger partial charge in [-0.2, -0.15) is 0 Å². The minimum Gasteiger partial charge on any atom is -0.326 e. The van der Waals surface area contributed by atoms with E-state index < -0.39 is 0 Å². The number of hydrogen-bond acceptors (Lipinski definition) is 4. The average Bonchev–Trinajstić information content (AvgIpc) is 3.02. The molecule has 1 aliphatic rings. The van der Waals surface area contributed by atoms with Crippen LogP contribution in [0.15, 0.2) is 109 Å². The Morgan fingerprint density at radius 1 is 0.429 bits per heavy atom. The van der Waals surface area contributed by atoms with Crippen molar-refractivity contribution in [1.82, 2.24) is 0 Å². The van der Waals surface area contributed by atoms with Gasteiger partial charge in [-0.05, 0) is 86.3 Å². The Hall–Kier alpha value is -5.24. The van der Waals surface area contributed by atoms with Crippen molar-refractivity contribution in [3.05, 3.63) is 120 Å². The number of carbonyl (C=O) groups excluding carboxylic acids is 4. The van der Waals surface area contributed by atoms with Crippen LogP contribution >= 0.6 is 0 Å². The zero-order valence-corrected chi connectivity index (χ0v) is 23.0. The van der Waals surface area contributed by atoms with E-state index in [2.05, 4.69) is 21.3 Å². The maximum Gasteiger partial charge on any atom is 0.255 e. The average molecular weight is 561 g/mol.